The Morgan fingerprint density at radius 2 is 1.65 bits per heavy atom. The Kier molecular flexibility index (Phi) is 7.81. The summed E-state index contributed by atoms with van der Waals surface area (Å²) in [7, 11) is 2.24. The van der Waals surface area contributed by atoms with Gasteiger partial charge in [0.05, 0.1) is 54.0 Å². The number of nitro groups is 1. The highest BCUT2D eigenvalue weighted by Gasteiger charge is 2.43. The summed E-state index contributed by atoms with van der Waals surface area (Å²) in [6.45, 7) is 1.81. The highest BCUT2D eigenvalue weighted by molar-refractivity contribution is 6.06. The molecule has 0 aromatic heterocycles. The van der Waals surface area contributed by atoms with Gasteiger partial charge in [-0.1, -0.05) is 48.5 Å². The van der Waals surface area contributed by atoms with Crippen LogP contribution in [0.2, 0.25) is 0 Å². The normalized spacial score (nSPS) is 14.8. The van der Waals surface area contributed by atoms with Crippen LogP contribution < -0.4 is 15.4 Å². The third-order valence-corrected chi connectivity index (χ3v) is 6.28. The van der Waals surface area contributed by atoms with E-state index < -0.39 is 22.8 Å². The molecular weight excluding hydrogens is 516 g/mol. The van der Waals surface area contributed by atoms with Crippen LogP contribution in [-0.4, -0.2) is 31.1 Å². The average molecular weight is 541 g/mol. The minimum Gasteiger partial charge on any atom is -0.466 e. The van der Waals surface area contributed by atoms with E-state index >= 15 is 0 Å². The molecule has 1 aliphatic heterocycles. The molecule has 0 saturated carbocycles. The molecule has 0 radical (unpaired) electrons. The zero-order valence-corrected chi connectivity index (χ0v) is 21.8. The number of ether oxygens (including phenoxy) is 3. The van der Waals surface area contributed by atoms with Crippen molar-refractivity contribution in [2.45, 2.75) is 12.8 Å². The topological polar surface area (TPSA) is 158 Å². The molecule has 3 aromatic rings. The minimum atomic E-state index is -1.08. The molecule has 0 saturated heterocycles. The minimum absolute atomic E-state index is 0.0173. The molecule has 1 aliphatic rings. The van der Waals surface area contributed by atoms with Crippen LogP contribution in [0.4, 0.5) is 11.4 Å². The van der Waals surface area contributed by atoms with Crippen LogP contribution in [-0.2, 0) is 19.1 Å². The summed E-state index contributed by atoms with van der Waals surface area (Å²) < 4.78 is 16.0. The first-order chi connectivity index (χ1) is 19.2. The maximum Gasteiger partial charge on any atom is 0.355 e. The molecule has 0 bridgehead atoms. The van der Waals surface area contributed by atoms with Gasteiger partial charge in [0.2, 0.25) is 0 Å². The number of anilines is 1. The van der Waals surface area contributed by atoms with E-state index in [2.05, 4.69) is 0 Å². The number of allylic oxidation sites excluding steroid dienone is 1. The van der Waals surface area contributed by atoms with Crippen LogP contribution in [0.5, 0.6) is 11.5 Å². The number of nitrogens with two attached hydrogens (primary N) is 1. The van der Waals surface area contributed by atoms with E-state index in [9.17, 15) is 25.0 Å². The SMILES string of the molecule is COC(=O)C1=C(C(=O)OC)N(c2cc(Oc3ccccc3C)cc([N+](=O)[O-])c2)C(N)=C(C#N)C1c1ccccc1. The lowest BCUT2D eigenvalue weighted by atomic mass is 9.81. The number of aryl methyl sites for hydroxylation is 1. The number of rotatable bonds is 7. The molecule has 11 heteroatoms. The molecule has 2 N–H and O–H groups in total. The molecule has 0 aliphatic carbocycles. The standard InChI is InChI=1S/C29H24N4O7/c1-17-9-7-8-12-23(17)40-21-14-19(13-20(15-21)33(36)37)32-26(29(35)39-3)25(28(34)38-2)24(22(16-30)27(32)31)18-10-5-4-6-11-18/h4-15,24H,31H2,1-3H3. The van der Waals surface area contributed by atoms with Crippen LogP contribution >= 0.6 is 0 Å². The number of nitrogens with zero attached hydrogens (tertiary/aromatic N) is 3. The maximum atomic E-state index is 13.3. The van der Waals surface area contributed by atoms with Gasteiger partial charge in [-0.3, -0.25) is 15.0 Å². The van der Waals surface area contributed by atoms with Gasteiger partial charge in [0.25, 0.3) is 5.69 Å². The number of hydrogen-bond acceptors (Lipinski definition) is 10. The van der Waals surface area contributed by atoms with Crippen LogP contribution in [0.25, 0.3) is 0 Å². The number of non-ortho nitro benzene ring substituents is 1. The number of carbonyl (C=O) groups excluding carboxylic acids is 2. The van der Waals surface area contributed by atoms with Gasteiger partial charge in [0.1, 0.15) is 23.0 Å². The Bertz CT molecular complexity index is 1610. The van der Waals surface area contributed by atoms with Crippen molar-refractivity contribution in [3.63, 3.8) is 0 Å². The molecule has 4 rings (SSSR count). The quantitative estimate of drug-likeness (QED) is 0.255. The molecule has 11 nitrogen and oxygen atoms in total. The number of benzene rings is 3. The number of hydrogen-bond donors (Lipinski definition) is 1. The van der Waals surface area contributed by atoms with Crippen LogP contribution in [0.1, 0.15) is 17.0 Å². The van der Waals surface area contributed by atoms with E-state index in [4.69, 9.17) is 19.9 Å². The van der Waals surface area contributed by atoms with Crippen molar-refractivity contribution in [2.24, 2.45) is 5.73 Å². The predicted octanol–water partition coefficient (Wildman–Crippen LogP) is 4.59. The average Bonchev–Trinajstić information content (AvgIpc) is 2.97. The number of methoxy groups -OCH3 is 2. The van der Waals surface area contributed by atoms with Crippen molar-refractivity contribution >= 4 is 23.3 Å². The van der Waals surface area contributed by atoms with E-state index in [1.54, 1.807) is 42.5 Å². The summed E-state index contributed by atoms with van der Waals surface area (Å²) in [5.41, 5.74) is 6.71. The van der Waals surface area contributed by atoms with E-state index in [1.165, 1.54) is 12.1 Å². The lowest BCUT2D eigenvalue weighted by molar-refractivity contribution is -0.384. The monoisotopic (exact) mass is 540 g/mol. The van der Waals surface area contributed by atoms with Gasteiger partial charge in [-0.25, -0.2) is 9.59 Å². The van der Waals surface area contributed by atoms with E-state index in [0.717, 1.165) is 30.7 Å². The maximum absolute atomic E-state index is 13.3. The van der Waals surface area contributed by atoms with Gasteiger partial charge >= 0.3 is 11.9 Å². The van der Waals surface area contributed by atoms with Gasteiger partial charge in [-0.2, -0.15) is 5.26 Å². The predicted molar refractivity (Wildman–Crippen MR) is 144 cm³/mol. The zero-order valence-electron chi connectivity index (χ0n) is 21.8. The Morgan fingerprint density at radius 1 is 1.00 bits per heavy atom. The summed E-state index contributed by atoms with van der Waals surface area (Å²) >= 11 is 0. The molecule has 3 aromatic carbocycles. The molecule has 0 fully saturated rings. The zero-order chi connectivity index (χ0) is 29.0. The Balaban J connectivity index is 2.03. The van der Waals surface area contributed by atoms with Crippen LogP contribution in [0.3, 0.4) is 0 Å². The number of esters is 2. The molecule has 0 amide bonds. The fourth-order valence-corrected chi connectivity index (χ4v) is 4.44. The van der Waals surface area contributed by atoms with Crippen molar-refractivity contribution in [3.8, 4) is 17.6 Å². The molecule has 1 unspecified atom stereocenters. The summed E-state index contributed by atoms with van der Waals surface area (Å²) in [6, 6.07) is 21.4. The van der Waals surface area contributed by atoms with Crippen molar-refractivity contribution < 1.29 is 28.7 Å². The fourth-order valence-electron chi connectivity index (χ4n) is 4.44. The number of nitriles is 1. The summed E-state index contributed by atoms with van der Waals surface area (Å²) in [5, 5.41) is 22.1. The molecule has 202 valence electrons. The fraction of sp³-hybridized carbons (Fsp3) is 0.138. The largest absolute Gasteiger partial charge is 0.466 e. The molecule has 0 spiro atoms. The first-order valence-electron chi connectivity index (χ1n) is 11.9. The van der Waals surface area contributed by atoms with Crippen molar-refractivity contribution in [1.29, 1.82) is 5.26 Å². The lowest BCUT2D eigenvalue weighted by Crippen LogP contribution is -2.40. The van der Waals surface area contributed by atoms with Crippen LogP contribution in [0.15, 0.2) is 95.5 Å². The lowest BCUT2D eigenvalue weighted by Gasteiger charge is -2.35. The van der Waals surface area contributed by atoms with Crippen molar-refractivity contribution in [1.82, 2.24) is 0 Å². The molecular formula is C29H24N4O7. The van der Waals surface area contributed by atoms with Crippen molar-refractivity contribution in [2.75, 3.05) is 19.1 Å². The Labute approximate surface area is 229 Å². The summed E-state index contributed by atoms with van der Waals surface area (Å²) in [5.74, 6) is -2.71. The second kappa shape index (κ2) is 11.4. The molecule has 40 heavy (non-hydrogen) atoms. The number of carbonyl (C=O) groups is 2. The van der Waals surface area contributed by atoms with E-state index in [1.807, 2.05) is 25.1 Å². The van der Waals surface area contributed by atoms with E-state index in [0.29, 0.717) is 11.3 Å². The van der Waals surface area contributed by atoms with Gasteiger partial charge in [-0.05, 0) is 24.1 Å². The highest BCUT2D eigenvalue weighted by Crippen LogP contribution is 2.44. The Morgan fingerprint density at radius 3 is 2.25 bits per heavy atom. The molecule has 1 heterocycles. The molecule has 1 atom stereocenters. The smallest absolute Gasteiger partial charge is 0.355 e. The number of nitro benzene ring substituents is 1. The summed E-state index contributed by atoms with van der Waals surface area (Å²) in [6.07, 6.45) is 0. The second-order valence-electron chi connectivity index (χ2n) is 8.65. The second-order valence-corrected chi connectivity index (χ2v) is 8.65. The first-order valence-corrected chi connectivity index (χ1v) is 11.9. The third kappa shape index (κ3) is 5.06. The van der Waals surface area contributed by atoms with Gasteiger partial charge in [0.15, 0.2) is 0 Å². The van der Waals surface area contributed by atoms with Gasteiger partial charge in [-0.15, -0.1) is 0 Å². The van der Waals surface area contributed by atoms with E-state index in [-0.39, 0.29) is 39.8 Å². The van der Waals surface area contributed by atoms with Crippen molar-refractivity contribution in [3.05, 3.63) is 117 Å². The Hall–Kier alpha value is -5.63. The first kappa shape index (κ1) is 27.4. The van der Waals surface area contributed by atoms with Gasteiger partial charge < -0.3 is 19.9 Å². The van der Waals surface area contributed by atoms with Crippen LogP contribution in [0, 0.1) is 28.4 Å². The number of para-hydroxylation sites is 1. The summed E-state index contributed by atoms with van der Waals surface area (Å²) in [4.78, 5) is 38.8. The third-order valence-electron chi connectivity index (χ3n) is 6.28. The van der Waals surface area contributed by atoms with Gasteiger partial charge in [0, 0.05) is 12.1 Å². The highest BCUT2D eigenvalue weighted by atomic mass is 16.6.